The molecule has 104 valence electrons. The molecule has 0 aromatic heterocycles. The van der Waals surface area contributed by atoms with E-state index in [0.29, 0.717) is 16.0 Å². The van der Waals surface area contributed by atoms with Gasteiger partial charge in [0.25, 0.3) is 0 Å². The Morgan fingerprint density at radius 2 is 1.38 bits per heavy atom. The summed E-state index contributed by atoms with van der Waals surface area (Å²) >= 11 is 0. The van der Waals surface area contributed by atoms with Gasteiger partial charge in [0.15, 0.2) is 11.6 Å². The van der Waals surface area contributed by atoms with Crippen LogP contribution in [0.5, 0.6) is 0 Å². The van der Waals surface area contributed by atoms with E-state index in [2.05, 4.69) is 0 Å². The van der Waals surface area contributed by atoms with Crippen molar-refractivity contribution in [3.05, 3.63) is 70.8 Å². The van der Waals surface area contributed by atoms with Crippen LogP contribution in [0.15, 0.2) is 59.0 Å². The molecule has 2 aromatic carbocycles. The Morgan fingerprint density at radius 3 is 1.86 bits per heavy atom. The number of Topliss-reactive ketones (excluding diaryl/α,β-unsaturated/α-hetero) is 2. The molecular weight excluding hydrogens is 284 g/mol. The van der Waals surface area contributed by atoms with Crippen LogP contribution in [0, 0.1) is 0 Å². The Bertz CT molecular complexity index is 764. The van der Waals surface area contributed by atoms with Crippen LogP contribution in [-0.2, 0) is 10.8 Å². The second-order valence-corrected chi connectivity index (χ2v) is 6.16. The lowest BCUT2D eigenvalue weighted by atomic mass is 10.1. The van der Waals surface area contributed by atoms with Crippen molar-refractivity contribution in [3.8, 4) is 0 Å². The molecule has 3 nitrogen and oxygen atoms in total. The number of carbonyl (C=O) groups excluding carboxylic acids is 2. The van der Waals surface area contributed by atoms with Crippen molar-refractivity contribution in [3.63, 3.8) is 0 Å². The third-order valence-corrected chi connectivity index (χ3v) is 4.36. The number of fused-ring (bicyclic) bond motifs is 1. The molecule has 1 atom stereocenters. The van der Waals surface area contributed by atoms with E-state index in [0.717, 1.165) is 5.56 Å². The maximum atomic E-state index is 12.2. The third kappa shape index (κ3) is 2.38. The van der Waals surface area contributed by atoms with E-state index in [4.69, 9.17) is 0 Å². The lowest BCUT2D eigenvalue weighted by Crippen LogP contribution is -2.00. The van der Waals surface area contributed by atoms with Gasteiger partial charge in [0.1, 0.15) is 0 Å². The highest BCUT2D eigenvalue weighted by Gasteiger charge is 2.32. The minimum Gasteiger partial charge on any atom is -0.288 e. The van der Waals surface area contributed by atoms with Crippen LogP contribution in [-0.4, -0.2) is 22.0 Å². The molecule has 0 spiro atoms. The molecule has 1 aliphatic carbocycles. The van der Waals surface area contributed by atoms with Crippen LogP contribution in [0.3, 0.4) is 0 Å². The number of hydrogen-bond acceptors (Lipinski definition) is 3. The van der Waals surface area contributed by atoms with Crippen molar-refractivity contribution in [2.75, 3.05) is 6.26 Å². The number of ketones is 2. The Balaban J connectivity index is 2.00. The molecule has 1 aliphatic rings. The number of rotatable bonds is 2. The van der Waals surface area contributed by atoms with Gasteiger partial charge in [-0.3, -0.25) is 13.8 Å². The van der Waals surface area contributed by atoms with Gasteiger partial charge in [-0.05, 0) is 23.8 Å². The second-order valence-electron chi connectivity index (χ2n) is 4.79. The van der Waals surface area contributed by atoms with E-state index in [1.807, 2.05) is 0 Å². The average Bonchev–Trinajstić information content (AvgIpc) is 2.73. The zero-order valence-electron chi connectivity index (χ0n) is 11.3. The minimum absolute atomic E-state index is 0.182. The summed E-state index contributed by atoms with van der Waals surface area (Å²) in [7, 11) is -1.04. The Hall–Kier alpha value is -2.33. The summed E-state index contributed by atoms with van der Waals surface area (Å²) in [5, 5.41) is 0. The highest BCUT2D eigenvalue weighted by Crippen LogP contribution is 2.27. The summed E-state index contributed by atoms with van der Waals surface area (Å²) in [6.07, 6.45) is 3.20. The molecule has 0 heterocycles. The van der Waals surface area contributed by atoms with Crippen LogP contribution in [0.4, 0.5) is 0 Å². The van der Waals surface area contributed by atoms with E-state index in [1.54, 1.807) is 60.9 Å². The zero-order chi connectivity index (χ0) is 15.0. The molecule has 3 rings (SSSR count). The second kappa shape index (κ2) is 5.22. The van der Waals surface area contributed by atoms with Crippen molar-refractivity contribution >= 4 is 28.4 Å². The molecule has 0 amide bonds. The molecule has 0 N–H and O–H groups in total. The molecule has 0 radical (unpaired) electrons. The number of hydrogen-bond donors (Lipinski definition) is 0. The number of benzene rings is 2. The fraction of sp³-hybridized carbons (Fsp3) is 0.0588. The quantitative estimate of drug-likeness (QED) is 0.632. The lowest BCUT2D eigenvalue weighted by molar-refractivity contribution is 0.0990. The molecule has 1 unspecified atom stereocenters. The topological polar surface area (TPSA) is 51.2 Å². The van der Waals surface area contributed by atoms with E-state index in [-0.39, 0.29) is 17.1 Å². The van der Waals surface area contributed by atoms with Crippen molar-refractivity contribution in [2.45, 2.75) is 4.90 Å². The minimum atomic E-state index is -1.04. The monoisotopic (exact) mass is 296 g/mol. The summed E-state index contributed by atoms with van der Waals surface area (Å²) in [6.45, 7) is 0. The van der Waals surface area contributed by atoms with Crippen LogP contribution in [0.2, 0.25) is 0 Å². The van der Waals surface area contributed by atoms with Gasteiger partial charge < -0.3 is 0 Å². The SMILES string of the molecule is CS(=O)c1ccc(C=C2C(=O)c3ccccc3C2=O)cc1. The molecular formula is C17H12O3S. The van der Waals surface area contributed by atoms with Gasteiger partial charge in [-0.25, -0.2) is 0 Å². The van der Waals surface area contributed by atoms with Gasteiger partial charge in [0.05, 0.1) is 5.57 Å². The smallest absolute Gasteiger partial charge is 0.197 e. The molecule has 2 aromatic rings. The highest BCUT2D eigenvalue weighted by atomic mass is 32.2. The van der Waals surface area contributed by atoms with Crippen LogP contribution in [0.25, 0.3) is 6.08 Å². The predicted octanol–water partition coefficient (Wildman–Crippen LogP) is 2.89. The molecule has 4 heteroatoms. The average molecular weight is 296 g/mol. The van der Waals surface area contributed by atoms with Crippen molar-refractivity contribution in [1.29, 1.82) is 0 Å². The zero-order valence-corrected chi connectivity index (χ0v) is 12.1. The number of carbonyl (C=O) groups is 2. The summed E-state index contributed by atoms with van der Waals surface area (Å²) in [5.41, 5.74) is 1.84. The first kappa shape index (κ1) is 13.6. The Kier molecular flexibility index (Phi) is 3.39. The van der Waals surface area contributed by atoms with E-state index in [9.17, 15) is 13.8 Å². The Morgan fingerprint density at radius 1 is 0.857 bits per heavy atom. The maximum Gasteiger partial charge on any atom is 0.197 e. The van der Waals surface area contributed by atoms with Crippen LogP contribution >= 0.6 is 0 Å². The van der Waals surface area contributed by atoms with Crippen LogP contribution in [0.1, 0.15) is 26.3 Å². The van der Waals surface area contributed by atoms with Gasteiger partial charge in [0, 0.05) is 33.1 Å². The largest absolute Gasteiger partial charge is 0.288 e. The summed E-state index contributed by atoms with van der Waals surface area (Å²) in [4.78, 5) is 25.2. The first-order chi connectivity index (χ1) is 10.1. The predicted molar refractivity (Wildman–Crippen MR) is 81.9 cm³/mol. The standard InChI is InChI=1S/C17H12O3S/c1-21(20)12-8-6-11(7-9-12)10-15-16(18)13-4-2-3-5-14(13)17(15)19/h2-10H,1H3. The van der Waals surface area contributed by atoms with Crippen molar-refractivity contribution in [2.24, 2.45) is 0 Å². The summed E-state index contributed by atoms with van der Waals surface area (Å²) in [6, 6.07) is 13.8. The molecule has 0 bridgehead atoms. The van der Waals surface area contributed by atoms with Crippen molar-refractivity contribution < 1.29 is 13.8 Å². The first-order valence-corrected chi connectivity index (χ1v) is 7.97. The third-order valence-electron chi connectivity index (χ3n) is 3.43. The van der Waals surface area contributed by atoms with E-state index < -0.39 is 10.8 Å². The molecule has 0 saturated heterocycles. The molecule has 0 aliphatic heterocycles. The van der Waals surface area contributed by atoms with Crippen molar-refractivity contribution in [1.82, 2.24) is 0 Å². The van der Waals surface area contributed by atoms with E-state index in [1.165, 1.54) is 0 Å². The fourth-order valence-electron chi connectivity index (χ4n) is 2.33. The fourth-order valence-corrected chi connectivity index (χ4v) is 2.85. The van der Waals surface area contributed by atoms with Gasteiger partial charge in [-0.15, -0.1) is 0 Å². The van der Waals surface area contributed by atoms with Gasteiger partial charge >= 0.3 is 0 Å². The normalized spacial score (nSPS) is 15.0. The number of allylic oxidation sites excluding steroid dienone is 1. The Labute approximate surface area is 124 Å². The molecule has 0 fully saturated rings. The van der Waals surface area contributed by atoms with Gasteiger partial charge in [-0.1, -0.05) is 36.4 Å². The summed E-state index contributed by atoms with van der Waals surface area (Å²) < 4.78 is 11.3. The lowest BCUT2D eigenvalue weighted by Gasteiger charge is -1.99. The van der Waals surface area contributed by atoms with Crippen LogP contribution < -0.4 is 0 Å². The maximum absolute atomic E-state index is 12.2. The highest BCUT2D eigenvalue weighted by molar-refractivity contribution is 7.84. The summed E-state index contributed by atoms with van der Waals surface area (Å²) in [5.74, 6) is -0.475. The van der Waals surface area contributed by atoms with Gasteiger partial charge in [-0.2, -0.15) is 0 Å². The molecule has 21 heavy (non-hydrogen) atoms. The van der Waals surface area contributed by atoms with Gasteiger partial charge in [0.2, 0.25) is 0 Å². The molecule has 0 saturated carbocycles. The van der Waals surface area contributed by atoms with E-state index >= 15 is 0 Å². The first-order valence-electron chi connectivity index (χ1n) is 6.41.